The molecule has 1 fully saturated rings. The zero-order chi connectivity index (χ0) is 19.9. The van der Waals surface area contributed by atoms with Crippen molar-refractivity contribution in [2.24, 2.45) is 10.8 Å². The Morgan fingerprint density at radius 2 is 2.14 bits per heavy atom. The van der Waals surface area contributed by atoms with E-state index in [1.54, 1.807) is 18.2 Å². The summed E-state index contributed by atoms with van der Waals surface area (Å²) in [5.74, 6) is 6.54. The molecule has 9 nitrogen and oxygen atoms in total. The van der Waals surface area contributed by atoms with Crippen LogP contribution in [0.25, 0.3) is 0 Å². The Hall–Kier alpha value is -2.47. The number of alkyl halides is 1. The Labute approximate surface area is 175 Å². The number of nitrogens with one attached hydrogen (secondary N) is 1. The maximum atomic E-state index is 12.7. The van der Waals surface area contributed by atoms with Gasteiger partial charge in [0.2, 0.25) is 6.41 Å². The monoisotopic (exact) mass is 496 g/mol. The number of nitrogen functional groups attached to an aromatic ring is 1. The first-order chi connectivity index (χ1) is 13.7. The average Bonchev–Trinajstić information content (AvgIpc) is 2.75. The van der Waals surface area contributed by atoms with Crippen molar-refractivity contribution in [1.82, 2.24) is 14.5 Å². The van der Waals surface area contributed by atoms with Crippen LogP contribution in [0.1, 0.15) is 29.6 Å². The number of hydrogen-bond acceptors (Lipinski definition) is 7. The molecule has 0 aromatic carbocycles. The lowest BCUT2D eigenvalue weighted by atomic mass is 10.1. The third kappa shape index (κ3) is 4.68. The van der Waals surface area contributed by atoms with Gasteiger partial charge in [-0.15, -0.1) is 0 Å². The molecule has 10 heteroatoms. The minimum atomic E-state index is -0.0431. The highest BCUT2D eigenvalue weighted by atomic mass is 127. The topological polar surface area (TPSA) is 115 Å². The third-order valence-electron chi connectivity index (χ3n) is 4.40. The zero-order valence-electron chi connectivity index (χ0n) is 15.2. The van der Waals surface area contributed by atoms with Gasteiger partial charge in [-0.2, -0.15) is 0 Å². The van der Waals surface area contributed by atoms with Gasteiger partial charge < -0.3 is 15.1 Å². The number of likely N-dealkylation sites (tertiary alicyclic amines) is 1. The van der Waals surface area contributed by atoms with Crippen LogP contribution in [0.2, 0.25) is 0 Å². The van der Waals surface area contributed by atoms with E-state index < -0.39 is 0 Å². The van der Waals surface area contributed by atoms with Crippen molar-refractivity contribution in [3.8, 4) is 5.75 Å². The summed E-state index contributed by atoms with van der Waals surface area (Å²) >= 11 is 2.08. The highest BCUT2D eigenvalue weighted by Crippen LogP contribution is 2.27. The van der Waals surface area contributed by atoms with Gasteiger partial charge in [-0.05, 0) is 54.0 Å². The van der Waals surface area contributed by atoms with Crippen LogP contribution >= 0.6 is 22.6 Å². The molecule has 148 valence electrons. The number of carbonyl (C=O) groups excluding carboxylic acids is 2. The van der Waals surface area contributed by atoms with E-state index in [1.165, 1.54) is 17.0 Å². The first-order valence-corrected chi connectivity index (χ1v) is 10.4. The molecule has 1 amide bonds. The second-order valence-electron chi connectivity index (χ2n) is 6.19. The number of amides is 1. The van der Waals surface area contributed by atoms with Gasteiger partial charge in [-0.25, -0.2) is 15.8 Å². The van der Waals surface area contributed by atoms with Crippen LogP contribution in [0.15, 0.2) is 35.6 Å². The second-order valence-corrected chi connectivity index (χ2v) is 6.81. The first-order valence-electron chi connectivity index (χ1n) is 8.83. The van der Waals surface area contributed by atoms with Crippen molar-refractivity contribution in [2.45, 2.75) is 19.3 Å². The van der Waals surface area contributed by atoms with Gasteiger partial charge in [-0.1, -0.05) is 0 Å². The minimum Gasteiger partial charge on any atom is -0.479 e. The van der Waals surface area contributed by atoms with Crippen LogP contribution in [-0.4, -0.2) is 44.5 Å². The van der Waals surface area contributed by atoms with E-state index in [0.717, 1.165) is 32.4 Å². The number of rotatable bonds is 6. The Bertz CT molecular complexity index is 924. The maximum Gasteiger partial charge on any atom is 0.255 e. The molecule has 0 unspecified atom stereocenters. The highest BCUT2D eigenvalue weighted by molar-refractivity contribution is 14.1. The van der Waals surface area contributed by atoms with E-state index in [-0.39, 0.29) is 5.91 Å². The standard InChI is InChI=1S/C18H21IN6O3/c19-11-28-15-8-13(18(27)24-5-2-1-3-6-24)10-21-17(15)22-14-4-7-25(12-26)16(9-14)23-20/h4,7-10,12,23H,1-3,5-6,11,20H2. The number of nitrogens with zero attached hydrogens (tertiary/aromatic N) is 4. The van der Waals surface area contributed by atoms with Gasteiger partial charge in [0.25, 0.3) is 5.91 Å². The molecule has 1 aliphatic rings. The van der Waals surface area contributed by atoms with E-state index in [2.05, 4.69) is 38.0 Å². The summed E-state index contributed by atoms with van der Waals surface area (Å²) < 4.78 is 7.32. The molecule has 0 spiro atoms. The van der Waals surface area contributed by atoms with E-state index in [4.69, 9.17) is 10.6 Å². The molecule has 0 bridgehead atoms. The van der Waals surface area contributed by atoms with Crippen molar-refractivity contribution in [3.63, 3.8) is 0 Å². The number of aromatic nitrogens is 2. The van der Waals surface area contributed by atoms with E-state index in [1.807, 2.05) is 4.90 Å². The number of pyridine rings is 2. The fourth-order valence-corrected chi connectivity index (χ4v) is 3.32. The number of anilines is 1. The number of piperidine rings is 1. The normalized spacial score (nSPS) is 14.6. The van der Waals surface area contributed by atoms with Gasteiger partial charge in [0.15, 0.2) is 11.6 Å². The van der Waals surface area contributed by atoms with Gasteiger partial charge in [-0.3, -0.25) is 14.2 Å². The molecule has 3 rings (SSSR count). The first kappa shape index (κ1) is 20.3. The number of hydrogen-bond donors (Lipinski definition) is 2. The van der Waals surface area contributed by atoms with E-state index in [9.17, 15) is 9.59 Å². The molecular weight excluding hydrogens is 475 g/mol. The number of halogens is 1. The summed E-state index contributed by atoms with van der Waals surface area (Å²) in [7, 11) is 0. The van der Waals surface area contributed by atoms with Crippen LogP contribution in [0.4, 0.5) is 11.6 Å². The molecule has 1 saturated heterocycles. The predicted molar refractivity (Wildman–Crippen MR) is 113 cm³/mol. The average molecular weight is 496 g/mol. The Balaban J connectivity index is 1.95. The van der Waals surface area contributed by atoms with Crippen molar-refractivity contribution in [1.29, 1.82) is 0 Å². The molecule has 0 radical (unpaired) electrons. The molecule has 2 aromatic rings. The third-order valence-corrected chi connectivity index (χ3v) is 4.71. The van der Waals surface area contributed by atoms with Gasteiger partial charge in [0.05, 0.1) is 10.9 Å². The fraction of sp³-hybridized carbons (Fsp3) is 0.333. The Kier molecular flexibility index (Phi) is 6.98. The van der Waals surface area contributed by atoms with Crippen molar-refractivity contribution >= 4 is 46.5 Å². The summed E-state index contributed by atoms with van der Waals surface area (Å²) in [4.78, 5) is 34.4. The molecule has 28 heavy (non-hydrogen) atoms. The molecule has 2 aromatic heterocycles. The number of hydrazine groups is 1. The summed E-state index contributed by atoms with van der Waals surface area (Å²) in [6.45, 7) is 1.53. The number of nitrogens with two attached hydrogens (primary N) is 1. The van der Waals surface area contributed by atoms with Gasteiger partial charge in [0.1, 0.15) is 10.4 Å². The summed E-state index contributed by atoms with van der Waals surface area (Å²) in [6.07, 6.45) is 6.89. The van der Waals surface area contributed by atoms with Crippen LogP contribution in [-0.2, 0) is 4.79 Å². The number of ether oxygens (including phenoxy) is 1. The smallest absolute Gasteiger partial charge is 0.255 e. The fourth-order valence-electron chi connectivity index (χ4n) is 2.98. The van der Waals surface area contributed by atoms with Gasteiger partial charge >= 0.3 is 0 Å². The van der Waals surface area contributed by atoms with Crippen LogP contribution in [0.3, 0.4) is 0 Å². The second kappa shape index (κ2) is 9.64. The van der Waals surface area contributed by atoms with E-state index in [0.29, 0.717) is 39.3 Å². The lowest BCUT2D eigenvalue weighted by Gasteiger charge is -2.26. The van der Waals surface area contributed by atoms with Crippen molar-refractivity contribution < 1.29 is 14.3 Å². The Morgan fingerprint density at radius 3 is 2.82 bits per heavy atom. The largest absolute Gasteiger partial charge is 0.479 e. The van der Waals surface area contributed by atoms with Crippen LogP contribution < -0.4 is 21.4 Å². The van der Waals surface area contributed by atoms with E-state index >= 15 is 0 Å². The quantitative estimate of drug-likeness (QED) is 0.208. The van der Waals surface area contributed by atoms with Gasteiger partial charge in [0, 0.05) is 31.5 Å². The zero-order valence-corrected chi connectivity index (χ0v) is 17.3. The Morgan fingerprint density at radius 1 is 1.36 bits per heavy atom. The predicted octanol–water partition coefficient (Wildman–Crippen LogP) is 1.84. The summed E-state index contributed by atoms with van der Waals surface area (Å²) in [5, 5.41) is 0.534. The number of carbonyl (C=O) groups is 2. The summed E-state index contributed by atoms with van der Waals surface area (Å²) in [5.41, 5.74) is 2.92. The summed E-state index contributed by atoms with van der Waals surface area (Å²) in [6, 6.07) is 4.94. The lowest BCUT2D eigenvalue weighted by molar-refractivity contribution is 0.0723. The maximum absolute atomic E-state index is 12.7. The SMILES string of the molecule is NNc1cc(=Nc2ncc(C(=O)N3CCCCC3)cc2OCI)ccn1C=O. The molecular formula is C18H21IN6O3. The molecule has 0 atom stereocenters. The molecule has 0 saturated carbocycles. The van der Waals surface area contributed by atoms with Crippen LogP contribution in [0, 0.1) is 0 Å². The molecule has 0 aliphatic carbocycles. The van der Waals surface area contributed by atoms with Crippen molar-refractivity contribution in [3.05, 3.63) is 41.5 Å². The molecule has 3 N–H and O–H groups in total. The highest BCUT2D eigenvalue weighted by Gasteiger charge is 2.20. The van der Waals surface area contributed by atoms with Crippen molar-refractivity contribution in [2.75, 3.05) is 23.1 Å². The molecule has 3 heterocycles. The minimum absolute atomic E-state index is 0.0431. The lowest BCUT2D eigenvalue weighted by Crippen LogP contribution is -2.35. The van der Waals surface area contributed by atoms with Crippen LogP contribution in [0.5, 0.6) is 5.75 Å². The molecule has 1 aliphatic heterocycles.